The van der Waals surface area contributed by atoms with E-state index in [1.807, 2.05) is 9.80 Å². The van der Waals surface area contributed by atoms with Gasteiger partial charge in [0, 0.05) is 39.0 Å². The highest BCUT2D eigenvalue weighted by molar-refractivity contribution is 5.79. The van der Waals surface area contributed by atoms with Crippen molar-refractivity contribution in [2.45, 2.75) is 44.9 Å². The molecule has 1 fully saturated rings. The Bertz CT molecular complexity index is 543. The third kappa shape index (κ3) is 4.12. The molecular formula is C19H26N2O2. The zero-order valence-corrected chi connectivity index (χ0v) is 13.8. The lowest BCUT2D eigenvalue weighted by molar-refractivity contribution is -0.134. The van der Waals surface area contributed by atoms with Gasteiger partial charge >= 0.3 is 0 Å². The van der Waals surface area contributed by atoms with Crippen molar-refractivity contribution in [3.05, 3.63) is 35.4 Å². The summed E-state index contributed by atoms with van der Waals surface area (Å²) in [5, 5.41) is 0. The highest BCUT2D eigenvalue weighted by Gasteiger charge is 2.21. The molecule has 4 nitrogen and oxygen atoms in total. The summed E-state index contributed by atoms with van der Waals surface area (Å²) in [6.07, 6.45) is 6.16. The van der Waals surface area contributed by atoms with Gasteiger partial charge in [-0.15, -0.1) is 0 Å². The van der Waals surface area contributed by atoms with Gasteiger partial charge in [-0.1, -0.05) is 30.7 Å². The molecule has 2 aliphatic rings. The Labute approximate surface area is 138 Å². The molecule has 0 spiro atoms. The van der Waals surface area contributed by atoms with Crippen LogP contribution in [0.2, 0.25) is 0 Å². The van der Waals surface area contributed by atoms with Crippen LogP contribution in [-0.4, -0.2) is 47.8 Å². The van der Waals surface area contributed by atoms with Gasteiger partial charge in [-0.05, 0) is 36.8 Å². The molecule has 124 valence electrons. The van der Waals surface area contributed by atoms with E-state index in [1.54, 1.807) is 0 Å². The number of amides is 2. The average Bonchev–Trinajstić information content (AvgIpc) is 2.91. The van der Waals surface area contributed by atoms with Crippen LogP contribution in [0.25, 0.3) is 0 Å². The van der Waals surface area contributed by atoms with Gasteiger partial charge < -0.3 is 9.80 Å². The quantitative estimate of drug-likeness (QED) is 0.859. The molecule has 1 aromatic carbocycles. The summed E-state index contributed by atoms with van der Waals surface area (Å²) in [5.74, 6) is 0.411. The van der Waals surface area contributed by atoms with Crippen LogP contribution < -0.4 is 0 Å². The molecule has 2 aliphatic heterocycles. The Balaban J connectivity index is 1.52. The molecule has 4 heteroatoms. The summed E-state index contributed by atoms with van der Waals surface area (Å²) in [4.78, 5) is 28.4. The van der Waals surface area contributed by atoms with Crippen molar-refractivity contribution < 1.29 is 9.59 Å². The Hall–Kier alpha value is -1.84. The molecule has 0 saturated carbocycles. The smallest absolute Gasteiger partial charge is 0.224 e. The standard InChI is InChI=1S/C19H26N2O2/c22-18-8-2-1-5-12-20(18)15-11-19(23)21-13-9-16-6-3-4-7-17(16)10-14-21/h3-4,6-7H,1-2,5,8-15H2. The average molecular weight is 314 g/mol. The summed E-state index contributed by atoms with van der Waals surface area (Å²) in [6, 6.07) is 8.47. The monoisotopic (exact) mass is 314 g/mol. The van der Waals surface area contributed by atoms with E-state index in [0.29, 0.717) is 19.4 Å². The molecule has 0 N–H and O–H groups in total. The van der Waals surface area contributed by atoms with Gasteiger partial charge in [-0.25, -0.2) is 0 Å². The van der Waals surface area contributed by atoms with Crippen LogP contribution in [0, 0.1) is 0 Å². The van der Waals surface area contributed by atoms with Gasteiger partial charge in [-0.3, -0.25) is 9.59 Å². The minimum atomic E-state index is 0.190. The first-order valence-corrected chi connectivity index (χ1v) is 8.86. The van der Waals surface area contributed by atoms with E-state index in [2.05, 4.69) is 24.3 Å². The Morgan fingerprint density at radius 3 is 2.30 bits per heavy atom. The zero-order valence-electron chi connectivity index (χ0n) is 13.8. The highest BCUT2D eigenvalue weighted by atomic mass is 16.2. The van der Waals surface area contributed by atoms with Crippen molar-refractivity contribution >= 4 is 11.8 Å². The van der Waals surface area contributed by atoms with Crippen molar-refractivity contribution in [1.82, 2.24) is 9.80 Å². The maximum Gasteiger partial charge on any atom is 0.224 e. The minimum absolute atomic E-state index is 0.190. The van der Waals surface area contributed by atoms with Crippen LogP contribution in [0.15, 0.2) is 24.3 Å². The third-order valence-corrected chi connectivity index (χ3v) is 5.04. The zero-order chi connectivity index (χ0) is 16.1. The molecule has 0 radical (unpaired) electrons. The first-order chi connectivity index (χ1) is 11.2. The van der Waals surface area contributed by atoms with Crippen LogP contribution in [-0.2, 0) is 22.4 Å². The second-order valence-electron chi connectivity index (χ2n) is 6.59. The summed E-state index contributed by atoms with van der Waals surface area (Å²) in [5.41, 5.74) is 2.73. The number of hydrogen-bond donors (Lipinski definition) is 0. The Morgan fingerprint density at radius 2 is 1.61 bits per heavy atom. The van der Waals surface area contributed by atoms with Gasteiger partial charge in [0.05, 0.1) is 0 Å². The van der Waals surface area contributed by atoms with Gasteiger partial charge in [0.2, 0.25) is 11.8 Å². The maximum absolute atomic E-state index is 12.5. The fourth-order valence-corrected chi connectivity index (χ4v) is 3.58. The highest BCUT2D eigenvalue weighted by Crippen LogP contribution is 2.16. The second-order valence-corrected chi connectivity index (χ2v) is 6.59. The maximum atomic E-state index is 12.5. The summed E-state index contributed by atoms with van der Waals surface area (Å²) in [7, 11) is 0. The first-order valence-electron chi connectivity index (χ1n) is 8.86. The number of benzene rings is 1. The largest absolute Gasteiger partial charge is 0.342 e. The fourth-order valence-electron chi connectivity index (χ4n) is 3.58. The number of rotatable bonds is 3. The van der Waals surface area contributed by atoms with E-state index in [9.17, 15) is 9.59 Å². The molecule has 0 atom stereocenters. The topological polar surface area (TPSA) is 40.6 Å². The minimum Gasteiger partial charge on any atom is -0.342 e. The van der Waals surface area contributed by atoms with Crippen LogP contribution in [0.4, 0.5) is 0 Å². The normalized spacial score (nSPS) is 19.0. The molecule has 1 aromatic rings. The molecular weight excluding hydrogens is 288 g/mol. The SMILES string of the molecule is O=C1CCCCCN1CCC(=O)N1CCc2ccccc2CC1. The number of carbonyl (C=O) groups is 2. The summed E-state index contributed by atoms with van der Waals surface area (Å²) < 4.78 is 0. The van der Waals surface area contributed by atoms with E-state index < -0.39 is 0 Å². The van der Waals surface area contributed by atoms with Crippen molar-refractivity contribution in [3.63, 3.8) is 0 Å². The lowest BCUT2D eigenvalue weighted by Gasteiger charge is -2.24. The first kappa shape index (κ1) is 16.0. The Morgan fingerprint density at radius 1 is 0.913 bits per heavy atom. The van der Waals surface area contributed by atoms with Crippen LogP contribution in [0.5, 0.6) is 0 Å². The van der Waals surface area contributed by atoms with Gasteiger partial charge in [0.1, 0.15) is 0 Å². The lowest BCUT2D eigenvalue weighted by Crippen LogP contribution is -2.38. The molecule has 23 heavy (non-hydrogen) atoms. The second kappa shape index (κ2) is 7.62. The number of likely N-dealkylation sites (tertiary alicyclic amines) is 1. The van der Waals surface area contributed by atoms with Crippen molar-refractivity contribution in [3.8, 4) is 0 Å². The fraction of sp³-hybridized carbons (Fsp3) is 0.579. The van der Waals surface area contributed by atoms with E-state index in [0.717, 1.165) is 51.7 Å². The molecule has 3 rings (SSSR count). The lowest BCUT2D eigenvalue weighted by atomic mass is 10.0. The van der Waals surface area contributed by atoms with E-state index in [-0.39, 0.29) is 11.8 Å². The number of nitrogens with zero attached hydrogens (tertiary/aromatic N) is 2. The molecule has 0 bridgehead atoms. The molecule has 1 saturated heterocycles. The predicted molar refractivity (Wildman–Crippen MR) is 90.1 cm³/mol. The summed E-state index contributed by atoms with van der Waals surface area (Å²) >= 11 is 0. The summed E-state index contributed by atoms with van der Waals surface area (Å²) in [6.45, 7) is 2.99. The van der Waals surface area contributed by atoms with Crippen LogP contribution in [0.3, 0.4) is 0 Å². The molecule has 0 aliphatic carbocycles. The van der Waals surface area contributed by atoms with E-state index in [4.69, 9.17) is 0 Å². The van der Waals surface area contributed by atoms with Gasteiger partial charge in [0.25, 0.3) is 0 Å². The predicted octanol–water partition coefficient (Wildman–Crippen LogP) is 2.41. The Kier molecular flexibility index (Phi) is 5.31. The molecule has 0 unspecified atom stereocenters. The van der Waals surface area contributed by atoms with Crippen LogP contribution >= 0.6 is 0 Å². The van der Waals surface area contributed by atoms with Crippen LogP contribution in [0.1, 0.15) is 43.2 Å². The van der Waals surface area contributed by atoms with Gasteiger partial charge in [-0.2, -0.15) is 0 Å². The third-order valence-electron chi connectivity index (χ3n) is 5.04. The molecule has 2 amide bonds. The van der Waals surface area contributed by atoms with Crippen molar-refractivity contribution in [2.24, 2.45) is 0 Å². The van der Waals surface area contributed by atoms with Crippen molar-refractivity contribution in [2.75, 3.05) is 26.2 Å². The number of carbonyl (C=O) groups excluding carboxylic acids is 2. The molecule has 0 aromatic heterocycles. The number of hydrogen-bond acceptors (Lipinski definition) is 2. The van der Waals surface area contributed by atoms with E-state index >= 15 is 0 Å². The van der Waals surface area contributed by atoms with E-state index in [1.165, 1.54) is 11.1 Å². The van der Waals surface area contributed by atoms with Crippen molar-refractivity contribution in [1.29, 1.82) is 0 Å². The number of fused-ring (bicyclic) bond motifs is 1. The molecule has 2 heterocycles. The van der Waals surface area contributed by atoms with Gasteiger partial charge in [0.15, 0.2) is 0 Å².